The number of halogens is 1. The molecule has 4 heteroatoms. The van der Waals surface area contributed by atoms with Crippen LogP contribution < -0.4 is 5.32 Å². The molecular formula is C11H12FNO2. The molecule has 1 aliphatic rings. The number of carboxylic acids is 1. The van der Waals surface area contributed by atoms with Crippen molar-refractivity contribution in [3.05, 3.63) is 30.1 Å². The lowest BCUT2D eigenvalue weighted by molar-refractivity contribution is -0.144. The molecule has 0 bridgehead atoms. The van der Waals surface area contributed by atoms with Crippen LogP contribution in [0.5, 0.6) is 0 Å². The van der Waals surface area contributed by atoms with Gasteiger partial charge in [0.1, 0.15) is 5.82 Å². The van der Waals surface area contributed by atoms with Crippen LogP contribution in [-0.2, 0) is 4.79 Å². The lowest BCUT2D eigenvalue weighted by Crippen LogP contribution is -2.39. The maximum absolute atomic E-state index is 12.8. The van der Waals surface area contributed by atoms with E-state index in [4.69, 9.17) is 5.11 Å². The molecule has 0 aromatic heterocycles. The summed E-state index contributed by atoms with van der Waals surface area (Å²) in [6.45, 7) is 0. The molecule has 0 spiro atoms. The lowest BCUT2D eigenvalue weighted by atomic mass is 9.80. The van der Waals surface area contributed by atoms with Gasteiger partial charge in [-0.3, -0.25) is 4.79 Å². The fourth-order valence-electron chi connectivity index (χ4n) is 1.75. The summed E-state index contributed by atoms with van der Waals surface area (Å²) in [6, 6.07) is 6.36. The van der Waals surface area contributed by atoms with E-state index >= 15 is 0 Å². The smallest absolute Gasteiger partial charge is 0.306 e. The van der Waals surface area contributed by atoms with E-state index in [9.17, 15) is 9.18 Å². The van der Waals surface area contributed by atoms with E-state index in [2.05, 4.69) is 5.32 Å². The first kappa shape index (κ1) is 9.96. The van der Waals surface area contributed by atoms with E-state index in [1.165, 1.54) is 12.1 Å². The third kappa shape index (κ3) is 2.26. The molecule has 3 nitrogen and oxygen atoms in total. The summed E-state index contributed by atoms with van der Waals surface area (Å²) in [5.41, 5.74) is 0.712. The van der Waals surface area contributed by atoms with Crippen molar-refractivity contribution < 1.29 is 14.3 Å². The molecule has 2 rings (SSSR count). The number of hydrogen-bond acceptors (Lipinski definition) is 2. The third-order valence-corrected chi connectivity index (χ3v) is 2.68. The Kier molecular flexibility index (Phi) is 2.58. The Morgan fingerprint density at radius 2 is 2.20 bits per heavy atom. The summed E-state index contributed by atoms with van der Waals surface area (Å²) in [4.78, 5) is 10.5. The topological polar surface area (TPSA) is 49.3 Å². The average Bonchev–Trinajstić information content (AvgIpc) is 2.10. The predicted octanol–water partition coefficient (Wildman–Crippen LogP) is 2.10. The maximum Gasteiger partial charge on any atom is 0.306 e. The summed E-state index contributed by atoms with van der Waals surface area (Å²) in [5.74, 6) is -1.27. The summed E-state index contributed by atoms with van der Waals surface area (Å²) in [6.07, 6.45) is 1.23. The highest BCUT2D eigenvalue weighted by atomic mass is 19.1. The van der Waals surface area contributed by atoms with Crippen LogP contribution in [-0.4, -0.2) is 17.1 Å². The highest BCUT2D eigenvalue weighted by molar-refractivity contribution is 5.71. The van der Waals surface area contributed by atoms with Gasteiger partial charge in [-0.25, -0.2) is 4.39 Å². The van der Waals surface area contributed by atoms with E-state index in [0.717, 1.165) is 0 Å². The van der Waals surface area contributed by atoms with E-state index in [1.807, 2.05) is 0 Å². The number of hydrogen-bond donors (Lipinski definition) is 2. The molecular weight excluding hydrogens is 197 g/mol. The summed E-state index contributed by atoms with van der Waals surface area (Å²) < 4.78 is 12.8. The highest BCUT2D eigenvalue weighted by Crippen LogP contribution is 2.30. The van der Waals surface area contributed by atoms with Crippen LogP contribution in [0.15, 0.2) is 24.3 Å². The molecule has 0 unspecified atom stereocenters. The molecule has 1 aliphatic carbocycles. The first-order chi connectivity index (χ1) is 7.15. The average molecular weight is 209 g/mol. The Hall–Kier alpha value is -1.58. The summed E-state index contributed by atoms with van der Waals surface area (Å²) >= 11 is 0. The number of carbonyl (C=O) groups is 1. The minimum Gasteiger partial charge on any atom is -0.481 e. The molecule has 0 heterocycles. The van der Waals surface area contributed by atoms with Crippen LogP contribution in [0, 0.1) is 11.7 Å². The SMILES string of the molecule is O=C(O)C1CC(Nc2cccc(F)c2)C1. The minimum absolute atomic E-state index is 0.160. The largest absolute Gasteiger partial charge is 0.481 e. The molecule has 80 valence electrons. The Labute approximate surface area is 86.9 Å². The van der Waals surface area contributed by atoms with Crippen molar-refractivity contribution in [2.75, 3.05) is 5.32 Å². The van der Waals surface area contributed by atoms with Crippen molar-refractivity contribution in [1.29, 1.82) is 0 Å². The Balaban J connectivity index is 1.87. The van der Waals surface area contributed by atoms with Crippen LogP contribution in [0.2, 0.25) is 0 Å². The van der Waals surface area contributed by atoms with Gasteiger partial charge < -0.3 is 10.4 Å². The van der Waals surface area contributed by atoms with Crippen LogP contribution >= 0.6 is 0 Å². The lowest BCUT2D eigenvalue weighted by Gasteiger charge is -2.33. The molecule has 0 atom stereocenters. The molecule has 15 heavy (non-hydrogen) atoms. The van der Waals surface area contributed by atoms with Crippen LogP contribution in [0.1, 0.15) is 12.8 Å². The summed E-state index contributed by atoms with van der Waals surface area (Å²) in [5, 5.41) is 11.8. The molecule has 1 saturated carbocycles. The van der Waals surface area contributed by atoms with Crippen LogP contribution in [0.4, 0.5) is 10.1 Å². The maximum atomic E-state index is 12.8. The van der Waals surface area contributed by atoms with E-state index < -0.39 is 5.97 Å². The molecule has 1 aromatic carbocycles. The fraction of sp³-hybridized carbons (Fsp3) is 0.364. The van der Waals surface area contributed by atoms with Gasteiger partial charge in [0.15, 0.2) is 0 Å². The zero-order chi connectivity index (χ0) is 10.8. The molecule has 1 aromatic rings. The zero-order valence-corrected chi connectivity index (χ0v) is 8.11. The first-order valence-corrected chi connectivity index (χ1v) is 4.90. The number of benzene rings is 1. The van der Waals surface area contributed by atoms with Gasteiger partial charge in [-0.2, -0.15) is 0 Å². The second-order valence-electron chi connectivity index (χ2n) is 3.86. The normalized spacial score (nSPS) is 24.3. The molecule has 0 radical (unpaired) electrons. The van der Waals surface area contributed by atoms with Gasteiger partial charge in [0.25, 0.3) is 0 Å². The van der Waals surface area contributed by atoms with E-state index in [-0.39, 0.29) is 17.8 Å². The van der Waals surface area contributed by atoms with Crippen LogP contribution in [0.3, 0.4) is 0 Å². The molecule has 0 aliphatic heterocycles. The second-order valence-corrected chi connectivity index (χ2v) is 3.86. The van der Waals surface area contributed by atoms with E-state index in [0.29, 0.717) is 18.5 Å². The first-order valence-electron chi connectivity index (χ1n) is 4.90. The number of aliphatic carboxylic acids is 1. The zero-order valence-electron chi connectivity index (χ0n) is 8.11. The molecule has 1 fully saturated rings. The highest BCUT2D eigenvalue weighted by Gasteiger charge is 2.34. The van der Waals surface area contributed by atoms with Gasteiger partial charge in [0.2, 0.25) is 0 Å². The molecule has 0 amide bonds. The van der Waals surface area contributed by atoms with Gasteiger partial charge >= 0.3 is 5.97 Å². The van der Waals surface area contributed by atoms with Crippen molar-refractivity contribution in [3.63, 3.8) is 0 Å². The van der Waals surface area contributed by atoms with Crippen molar-refractivity contribution >= 4 is 11.7 Å². The van der Waals surface area contributed by atoms with Gasteiger partial charge in [-0.15, -0.1) is 0 Å². The van der Waals surface area contributed by atoms with Crippen molar-refractivity contribution in [3.8, 4) is 0 Å². The van der Waals surface area contributed by atoms with Gasteiger partial charge in [-0.05, 0) is 31.0 Å². The van der Waals surface area contributed by atoms with Gasteiger partial charge in [0.05, 0.1) is 5.92 Å². The quantitative estimate of drug-likeness (QED) is 0.801. The predicted molar refractivity (Wildman–Crippen MR) is 54.2 cm³/mol. The Bertz CT molecular complexity index is 375. The van der Waals surface area contributed by atoms with Gasteiger partial charge in [0, 0.05) is 11.7 Å². The number of anilines is 1. The fourth-order valence-corrected chi connectivity index (χ4v) is 1.75. The van der Waals surface area contributed by atoms with Crippen molar-refractivity contribution in [2.24, 2.45) is 5.92 Å². The summed E-state index contributed by atoms with van der Waals surface area (Å²) in [7, 11) is 0. The number of rotatable bonds is 3. The molecule has 0 saturated heterocycles. The Morgan fingerprint density at radius 1 is 1.47 bits per heavy atom. The van der Waals surface area contributed by atoms with Crippen LogP contribution in [0.25, 0.3) is 0 Å². The van der Waals surface area contributed by atoms with Crippen molar-refractivity contribution in [2.45, 2.75) is 18.9 Å². The van der Waals surface area contributed by atoms with E-state index in [1.54, 1.807) is 12.1 Å². The Morgan fingerprint density at radius 3 is 2.80 bits per heavy atom. The minimum atomic E-state index is -0.743. The van der Waals surface area contributed by atoms with Gasteiger partial charge in [-0.1, -0.05) is 6.07 Å². The number of nitrogens with one attached hydrogen (secondary N) is 1. The standard InChI is InChI=1S/C11H12FNO2/c12-8-2-1-3-9(6-8)13-10-4-7(5-10)11(14)15/h1-3,6-7,10,13H,4-5H2,(H,14,15). The third-order valence-electron chi connectivity index (χ3n) is 2.68. The van der Waals surface area contributed by atoms with Crippen molar-refractivity contribution in [1.82, 2.24) is 0 Å². The number of carboxylic acid groups (broad SMARTS) is 1. The molecule has 2 N–H and O–H groups in total. The monoisotopic (exact) mass is 209 g/mol. The second kappa shape index (κ2) is 3.88.